The van der Waals surface area contributed by atoms with E-state index in [1.165, 1.54) is 0 Å². The van der Waals surface area contributed by atoms with Crippen LogP contribution in [0.25, 0.3) is 0 Å². The monoisotopic (exact) mass is 311 g/mol. The van der Waals surface area contributed by atoms with Crippen LogP contribution in [0.5, 0.6) is 0 Å². The lowest BCUT2D eigenvalue weighted by atomic mass is 10.1. The van der Waals surface area contributed by atoms with Gasteiger partial charge < -0.3 is 15.5 Å². The Morgan fingerprint density at radius 2 is 2.00 bits per heavy atom. The summed E-state index contributed by atoms with van der Waals surface area (Å²) in [4.78, 5) is 26.2. The number of hydrogen-bond acceptors (Lipinski definition) is 3. The fourth-order valence-corrected chi connectivity index (χ4v) is 2.35. The van der Waals surface area contributed by atoms with Crippen molar-refractivity contribution in [3.63, 3.8) is 0 Å². The molecule has 1 fully saturated rings. The van der Waals surface area contributed by atoms with Crippen LogP contribution in [0.3, 0.4) is 0 Å². The first-order chi connectivity index (χ1) is 9.59. The lowest BCUT2D eigenvalue weighted by Crippen LogP contribution is -2.57. The van der Waals surface area contributed by atoms with Gasteiger partial charge in [-0.2, -0.15) is 0 Å². The maximum atomic E-state index is 12.4. The summed E-state index contributed by atoms with van der Waals surface area (Å²) in [6, 6.07) is 8.59. The van der Waals surface area contributed by atoms with E-state index in [1.807, 2.05) is 17.9 Å². The second kappa shape index (κ2) is 8.00. The van der Waals surface area contributed by atoms with E-state index in [2.05, 4.69) is 10.6 Å². The zero-order chi connectivity index (χ0) is 14.5. The van der Waals surface area contributed by atoms with E-state index in [1.54, 1.807) is 31.2 Å². The van der Waals surface area contributed by atoms with Crippen LogP contribution in [-0.4, -0.2) is 48.4 Å². The smallest absolute Gasteiger partial charge is 0.251 e. The summed E-state index contributed by atoms with van der Waals surface area (Å²) in [5, 5.41) is 6.01. The van der Waals surface area contributed by atoms with Crippen LogP contribution in [0, 0.1) is 0 Å². The third-order valence-corrected chi connectivity index (χ3v) is 3.54. The van der Waals surface area contributed by atoms with Crippen LogP contribution in [-0.2, 0) is 4.79 Å². The molecule has 1 unspecified atom stereocenters. The molecule has 0 spiro atoms. The van der Waals surface area contributed by atoms with Crippen molar-refractivity contribution in [2.24, 2.45) is 0 Å². The Bertz CT molecular complexity index is 481. The number of nitrogens with one attached hydrogen (secondary N) is 2. The molecular weight excluding hydrogens is 290 g/mol. The Hall–Kier alpha value is -1.59. The molecule has 0 radical (unpaired) electrons. The van der Waals surface area contributed by atoms with Gasteiger partial charge in [0, 0.05) is 31.2 Å². The number of benzene rings is 1. The van der Waals surface area contributed by atoms with Gasteiger partial charge in [-0.05, 0) is 26.0 Å². The van der Waals surface area contributed by atoms with Crippen molar-refractivity contribution in [1.82, 2.24) is 15.5 Å². The van der Waals surface area contributed by atoms with E-state index in [0.29, 0.717) is 12.1 Å². The maximum absolute atomic E-state index is 12.4. The summed E-state index contributed by atoms with van der Waals surface area (Å²) in [7, 11) is 0. The van der Waals surface area contributed by atoms with Crippen LogP contribution in [0.4, 0.5) is 0 Å². The molecule has 0 aromatic heterocycles. The Morgan fingerprint density at radius 3 is 2.62 bits per heavy atom. The molecule has 5 nitrogen and oxygen atoms in total. The van der Waals surface area contributed by atoms with Gasteiger partial charge in [0.2, 0.25) is 5.91 Å². The van der Waals surface area contributed by atoms with Gasteiger partial charge in [-0.1, -0.05) is 18.2 Å². The average Bonchev–Trinajstić information content (AvgIpc) is 2.48. The summed E-state index contributed by atoms with van der Waals surface area (Å²) in [6.45, 7) is 6.03. The minimum Gasteiger partial charge on any atom is -0.341 e. The molecule has 0 aliphatic carbocycles. The quantitative estimate of drug-likeness (QED) is 0.877. The van der Waals surface area contributed by atoms with Crippen LogP contribution in [0.2, 0.25) is 0 Å². The SMILES string of the molecule is CC(NC(=O)c1ccccc1)C(=O)N1CCNC[C@@H]1C.Cl. The zero-order valence-electron chi connectivity index (χ0n) is 12.3. The van der Waals surface area contributed by atoms with Gasteiger partial charge in [0.1, 0.15) is 6.04 Å². The number of amides is 2. The second-order valence-corrected chi connectivity index (χ2v) is 5.15. The molecule has 2 amide bonds. The highest BCUT2D eigenvalue weighted by Gasteiger charge is 2.27. The number of carbonyl (C=O) groups is 2. The summed E-state index contributed by atoms with van der Waals surface area (Å²) in [6.07, 6.45) is 0. The standard InChI is InChI=1S/C15H21N3O2.ClH/c1-11-10-16-8-9-18(11)15(20)12(2)17-14(19)13-6-4-3-5-7-13;/h3-7,11-12,16H,8-10H2,1-2H3,(H,17,19);1H/t11-,12?;/m0./s1. The fraction of sp³-hybridized carbons (Fsp3) is 0.467. The molecule has 116 valence electrons. The number of carbonyl (C=O) groups excluding carboxylic acids is 2. The summed E-state index contributed by atoms with van der Waals surface area (Å²) >= 11 is 0. The number of nitrogens with zero attached hydrogens (tertiary/aromatic N) is 1. The molecule has 1 heterocycles. The van der Waals surface area contributed by atoms with Crippen molar-refractivity contribution in [3.8, 4) is 0 Å². The van der Waals surface area contributed by atoms with Crippen LogP contribution in [0.1, 0.15) is 24.2 Å². The molecule has 0 bridgehead atoms. The van der Waals surface area contributed by atoms with E-state index in [4.69, 9.17) is 0 Å². The zero-order valence-corrected chi connectivity index (χ0v) is 13.2. The molecule has 0 saturated carbocycles. The maximum Gasteiger partial charge on any atom is 0.251 e. The largest absolute Gasteiger partial charge is 0.341 e. The van der Waals surface area contributed by atoms with E-state index in [0.717, 1.165) is 13.1 Å². The first-order valence-electron chi connectivity index (χ1n) is 6.96. The molecule has 1 saturated heterocycles. The fourth-order valence-electron chi connectivity index (χ4n) is 2.35. The van der Waals surface area contributed by atoms with Gasteiger partial charge in [0.25, 0.3) is 5.91 Å². The normalized spacial score (nSPS) is 19.3. The highest BCUT2D eigenvalue weighted by Crippen LogP contribution is 2.06. The average molecular weight is 312 g/mol. The van der Waals surface area contributed by atoms with Crippen molar-refractivity contribution in [1.29, 1.82) is 0 Å². The molecule has 6 heteroatoms. The molecule has 2 N–H and O–H groups in total. The summed E-state index contributed by atoms with van der Waals surface area (Å²) in [5.41, 5.74) is 0.570. The predicted molar refractivity (Wildman–Crippen MR) is 84.7 cm³/mol. The third kappa shape index (κ3) is 4.44. The minimum absolute atomic E-state index is 0. The highest BCUT2D eigenvalue weighted by atomic mass is 35.5. The second-order valence-electron chi connectivity index (χ2n) is 5.15. The van der Waals surface area contributed by atoms with Gasteiger partial charge in [0.15, 0.2) is 0 Å². The van der Waals surface area contributed by atoms with Crippen LogP contribution < -0.4 is 10.6 Å². The van der Waals surface area contributed by atoms with Crippen LogP contribution in [0.15, 0.2) is 30.3 Å². The lowest BCUT2D eigenvalue weighted by molar-refractivity contribution is -0.135. The Morgan fingerprint density at radius 1 is 1.33 bits per heavy atom. The van der Waals surface area contributed by atoms with Crippen LogP contribution >= 0.6 is 12.4 Å². The summed E-state index contributed by atoms with van der Waals surface area (Å²) in [5.74, 6) is -0.238. The summed E-state index contributed by atoms with van der Waals surface area (Å²) < 4.78 is 0. The van der Waals surface area contributed by atoms with E-state index >= 15 is 0 Å². The molecule has 21 heavy (non-hydrogen) atoms. The van der Waals surface area contributed by atoms with Gasteiger partial charge in [0.05, 0.1) is 0 Å². The Kier molecular flexibility index (Phi) is 6.65. The van der Waals surface area contributed by atoms with Gasteiger partial charge in [-0.3, -0.25) is 9.59 Å². The minimum atomic E-state index is -0.511. The van der Waals surface area contributed by atoms with Crippen molar-refractivity contribution >= 4 is 24.2 Å². The highest BCUT2D eigenvalue weighted by molar-refractivity contribution is 5.97. The van der Waals surface area contributed by atoms with E-state index in [9.17, 15) is 9.59 Å². The van der Waals surface area contributed by atoms with Gasteiger partial charge >= 0.3 is 0 Å². The number of piperazine rings is 1. The molecule has 2 atom stereocenters. The van der Waals surface area contributed by atoms with Crippen molar-refractivity contribution in [2.75, 3.05) is 19.6 Å². The van der Waals surface area contributed by atoms with Crippen molar-refractivity contribution < 1.29 is 9.59 Å². The van der Waals surface area contributed by atoms with Crippen molar-refractivity contribution in [3.05, 3.63) is 35.9 Å². The lowest BCUT2D eigenvalue weighted by Gasteiger charge is -2.35. The number of hydrogen-bond donors (Lipinski definition) is 2. The molecule has 1 aliphatic rings. The number of halogens is 1. The molecular formula is C15H22ClN3O2. The molecule has 2 rings (SSSR count). The Balaban J connectivity index is 0.00000220. The molecule has 1 aromatic rings. The van der Waals surface area contributed by atoms with Gasteiger partial charge in [-0.25, -0.2) is 0 Å². The third-order valence-electron chi connectivity index (χ3n) is 3.54. The Labute approximate surface area is 131 Å². The molecule has 1 aromatic carbocycles. The topological polar surface area (TPSA) is 61.4 Å². The van der Waals surface area contributed by atoms with E-state index in [-0.39, 0.29) is 30.3 Å². The first kappa shape index (κ1) is 17.5. The predicted octanol–water partition coefficient (Wildman–Crippen LogP) is 1.05. The van der Waals surface area contributed by atoms with Crippen molar-refractivity contribution in [2.45, 2.75) is 25.9 Å². The number of rotatable bonds is 3. The first-order valence-corrected chi connectivity index (χ1v) is 6.96. The van der Waals surface area contributed by atoms with Gasteiger partial charge in [-0.15, -0.1) is 12.4 Å². The molecule has 1 aliphatic heterocycles. The van der Waals surface area contributed by atoms with E-state index < -0.39 is 6.04 Å².